The Labute approximate surface area is 115 Å². The minimum absolute atomic E-state index is 0.369. The van der Waals surface area contributed by atoms with E-state index in [4.69, 9.17) is 32.7 Å². The number of benzene rings is 1. The van der Waals surface area contributed by atoms with E-state index >= 15 is 0 Å². The molecule has 0 aliphatic heterocycles. The second kappa shape index (κ2) is 5.61. The molecule has 1 heterocycles. The second-order valence-electron chi connectivity index (χ2n) is 3.76. The van der Waals surface area contributed by atoms with Crippen LogP contribution < -0.4 is 4.74 Å². The van der Waals surface area contributed by atoms with Crippen LogP contribution in [0.2, 0.25) is 10.0 Å². The fraction of sp³-hybridized carbons (Fsp3) is 0.250. The number of nitrogens with zero attached hydrogens (tertiary/aromatic N) is 1. The number of halogens is 2. The number of aromatic nitrogens is 2. The number of H-pyrrole nitrogens is 1. The Balaban J connectivity index is 2.30. The van der Waals surface area contributed by atoms with E-state index in [0.717, 1.165) is 5.69 Å². The smallest absolute Gasteiger partial charge is 0.173 e. The number of aryl methyl sites for hydroxylation is 1. The first-order valence-electron chi connectivity index (χ1n) is 5.27. The SMILES string of the molecule is COCc1n[nH]c(C)c1Oc1cc(Cl)cc(Cl)c1. The summed E-state index contributed by atoms with van der Waals surface area (Å²) in [5, 5.41) is 8.00. The molecule has 1 aromatic carbocycles. The van der Waals surface area contributed by atoms with Crippen LogP contribution in [-0.2, 0) is 11.3 Å². The molecule has 18 heavy (non-hydrogen) atoms. The number of methoxy groups -OCH3 is 1. The lowest BCUT2D eigenvalue weighted by atomic mass is 10.3. The van der Waals surface area contributed by atoms with E-state index in [1.54, 1.807) is 25.3 Å². The van der Waals surface area contributed by atoms with Crippen molar-refractivity contribution in [2.75, 3.05) is 7.11 Å². The number of rotatable bonds is 4. The van der Waals surface area contributed by atoms with Gasteiger partial charge in [-0.3, -0.25) is 5.10 Å². The Morgan fingerprint density at radius 1 is 1.22 bits per heavy atom. The summed E-state index contributed by atoms with van der Waals surface area (Å²) in [6.45, 7) is 2.24. The maximum absolute atomic E-state index is 5.92. The van der Waals surface area contributed by atoms with Gasteiger partial charge in [0.2, 0.25) is 0 Å². The Kier molecular flexibility index (Phi) is 4.11. The lowest BCUT2D eigenvalue weighted by Gasteiger charge is -2.07. The molecule has 0 fully saturated rings. The van der Waals surface area contributed by atoms with E-state index in [-0.39, 0.29) is 0 Å². The van der Waals surface area contributed by atoms with Gasteiger partial charge in [-0.05, 0) is 25.1 Å². The van der Waals surface area contributed by atoms with Crippen molar-refractivity contribution in [3.8, 4) is 11.5 Å². The number of aromatic amines is 1. The Morgan fingerprint density at radius 3 is 2.50 bits per heavy atom. The van der Waals surface area contributed by atoms with Crippen molar-refractivity contribution >= 4 is 23.2 Å². The Hall–Kier alpha value is -1.23. The van der Waals surface area contributed by atoms with Gasteiger partial charge in [0.25, 0.3) is 0 Å². The monoisotopic (exact) mass is 286 g/mol. The molecule has 0 atom stereocenters. The number of nitrogens with one attached hydrogen (secondary N) is 1. The van der Waals surface area contributed by atoms with E-state index in [1.807, 2.05) is 6.92 Å². The Bertz CT molecular complexity index is 535. The van der Waals surface area contributed by atoms with E-state index in [9.17, 15) is 0 Å². The zero-order valence-corrected chi connectivity index (χ0v) is 11.5. The van der Waals surface area contributed by atoms with Crippen LogP contribution in [0.3, 0.4) is 0 Å². The number of hydrogen-bond acceptors (Lipinski definition) is 3. The van der Waals surface area contributed by atoms with E-state index in [0.29, 0.717) is 33.8 Å². The third-order valence-electron chi connectivity index (χ3n) is 2.30. The van der Waals surface area contributed by atoms with Crippen LogP contribution in [0.4, 0.5) is 0 Å². The first-order chi connectivity index (χ1) is 8.60. The molecule has 4 nitrogen and oxygen atoms in total. The van der Waals surface area contributed by atoms with Crippen molar-refractivity contribution in [2.24, 2.45) is 0 Å². The van der Waals surface area contributed by atoms with Crippen LogP contribution in [0.25, 0.3) is 0 Å². The molecule has 0 amide bonds. The van der Waals surface area contributed by atoms with Crippen LogP contribution in [0.15, 0.2) is 18.2 Å². The molecular formula is C12H12Cl2N2O2. The molecular weight excluding hydrogens is 275 g/mol. The summed E-state index contributed by atoms with van der Waals surface area (Å²) < 4.78 is 10.8. The minimum atomic E-state index is 0.369. The predicted octanol–water partition coefficient (Wildman–Crippen LogP) is 3.96. The van der Waals surface area contributed by atoms with Gasteiger partial charge in [0, 0.05) is 17.2 Å². The molecule has 0 saturated heterocycles. The normalized spacial score (nSPS) is 10.7. The molecule has 0 radical (unpaired) electrons. The van der Waals surface area contributed by atoms with Crippen molar-refractivity contribution in [3.63, 3.8) is 0 Å². The maximum atomic E-state index is 5.92. The number of hydrogen-bond donors (Lipinski definition) is 1. The van der Waals surface area contributed by atoms with E-state index in [2.05, 4.69) is 10.2 Å². The zero-order valence-electron chi connectivity index (χ0n) is 9.96. The molecule has 1 N–H and O–H groups in total. The largest absolute Gasteiger partial charge is 0.453 e. The molecule has 0 saturated carbocycles. The fourth-order valence-corrected chi connectivity index (χ4v) is 2.05. The molecule has 0 unspecified atom stereocenters. The molecule has 0 aliphatic rings. The van der Waals surface area contributed by atoms with Crippen molar-refractivity contribution in [3.05, 3.63) is 39.6 Å². The quantitative estimate of drug-likeness (QED) is 0.925. The summed E-state index contributed by atoms with van der Waals surface area (Å²) in [5.74, 6) is 1.20. The minimum Gasteiger partial charge on any atom is -0.453 e. The first kappa shape index (κ1) is 13.2. The third-order valence-corrected chi connectivity index (χ3v) is 2.73. The van der Waals surface area contributed by atoms with Crippen LogP contribution in [0, 0.1) is 6.92 Å². The average Bonchev–Trinajstić information content (AvgIpc) is 2.61. The summed E-state index contributed by atoms with van der Waals surface area (Å²) in [6.07, 6.45) is 0. The van der Waals surface area contributed by atoms with E-state index < -0.39 is 0 Å². The van der Waals surface area contributed by atoms with Crippen LogP contribution in [-0.4, -0.2) is 17.3 Å². The zero-order chi connectivity index (χ0) is 13.1. The molecule has 96 valence electrons. The van der Waals surface area contributed by atoms with Gasteiger partial charge in [0.05, 0.1) is 12.3 Å². The molecule has 2 aromatic rings. The highest BCUT2D eigenvalue weighted by Crippen LogP contribution is 2.31. The van der Waals surface area contributed by atoms with Gasteiger partial charge >= 0.3 is 0 Å². The Morgan fingerprint density at radius 2 is 1.89 bits per heavy atom. The molecule has 2 rings (SSSR count). The van der Waals surface area contributed by atoms with Crippen molar-refractivity contribution in [1.29, 1.82) is 0 Å². The van der Waals surface area contributed by atoms with Crippen LogP contribution >= 0.6 is 23.2 Å². The molecule has 0 bridgehead atoms. The lowest BCUT2D eigenvalue weighted by Crippen LogP contribution is -1.93. The predicted molar refractivity (Wildman–Crippen MR) is 70.6 cm³/mol. The molecule has 0 spiro atoms. The molecule has 1 aromatic heterocycles. The highest BCUT2D eigenvalue weighted by molar-refractivity contribution is 6.34. The summed E-state index contributed by atoms with van der Waals surface area (Å²) in [7, 11) is 1.60. The van der Waals surface area contributed by atoms with Gasteiger partial charge in [-0.1, -0.05) is 23.2 Å². The standard InChI is InChI=1S/C12H12Cl2N2O2/c1-7-12(11(6-17-2)16-15-7)18-10-4-8(13)3-9(14)5-10/h3-5H,6H2,1-2H3,(H,15,16). The van der Waals surface area contributed by atoms with Gasteiger partial charge in [-0.15, -0.1) is 0 Å². The van der Waals surface area contributed by atoms with Gasteiger partial charge in [-0.25, -0.2) is 0 Å². The van der Waals surface area contributed by atoms with Crippen molar-refractivity contribution < 1.29 is 9.47 Å². The molecule has 6 heteroatoms. The van der Waals surface area contributed by atoms with Gasteiger partial charge in [-0.2, -0.15) is 5.10 Å². The van der Waals surface area contributed by atoms with Gasteiger partial charge in [0.1, 0.15) is 11.4 Å². The summed E-state index contributed by atoms with van der Waals surface area (Å²) in [5.41, 5.74) is 1.52. The number of ether oxygens (including phenoxy) is 2. The van der Waals surface area contributed by atoms with Crippen LogP contribution in [0.1, 0.15) is 11.4 Å². The topological polar surface area (TPSA) is 47.1 Å². The lowest BCUT2D eigenvalue weighted by molar-refractivity contribution is 0.179. The van der Waals surface area contributed by atoms with E-state index in [1.165, 1.54) is 0 Å². The molecule has 0 aliphatic carbocycles. The maximum Gasteiger partial charge on any atom is 0.173 e. The summed E-state index contributed by atoms with van der Waals surface area (Å²) >= 11 is 11.8. The van der Waals surface area contributed by atoms with Crippen molar-refractivity contribution in [2.45, 2.75) is 13.5 Å². The first-order valence-corrected chi connectivity index (χ1v) is 6.02. The summed E-state index contributed by atoms with van der Waals surface area (Å²) in [4.78, 5) is 0. The average molecular weight is 287 g/mol. The van der Waals surface area contributed by atoms with Gasteiger partial charge in [0.15, 0.2) is 5.75 Å². The van der Waals surface area contributed by atoms with Gasteiger partial charge < -0.3 is 9.47 Å². The second-order valence-corrected chi connectivity index (χ2v) is 4.64. The highest BCUT2D eigenvalue weighted by Gasteiger charge is 2.13. The van der Waals surface area contributed by atoms with Crippen LogP contribution in [0.5, 0.6) is 11.5 Å². The van der Waals surface area contributed by atoms with Crippen molar-refractivity contribution in [1.82, 2.24) is 10.2 Å². The fourth-order valence-electron chi connectivity index (χ4n) is 1.54. The highest BCUT2D eigenvalue weighted by atomic mass is 35.5. The third kappa shape index (κ3) is 2.96. The summed E-state index contributed by atoms with van der Waals surface area (Å²) in [6, 6.07) is 5.03.